The van der Waals surface area contributed by atoms with Crippen LogP contribution in [-0.2, 0) is 6.18 Å². The number of hydrogen-bond acceptors (Lipinski definition) is 2. The highest BCUT2D eigenvalue weighted by Gasteiger charge is 2.31. The lowest BCUT2D eigenvalue weighted by molar-refractivity contribution is -0.137. The van der Waals surface area contributed by atoms with Gasteiger partial charge in [-0.1, -0.05) is 6.07 Å². The number of nitrogens with one attached hydrogen (secondary N) is 1. The summed E-state index contributed by atoms with van der Waals surface area (Å²) in [6.07, 6.45) is -4.62. The second kappa shape index (κ2) is 5.67. The maximum Gasteiger partial charge on any atom is 0.416 e. The van der Waals surface area contributed by atoms with Gasteiger partial charge < -0.3 is 11.1 Å². The van der Waals surface area contributed by atoms with Crippen molar-refractivity contribution in [3.8, 4) is 0 Å². The van der Waals surface area contributed by atoms with Gasteiger partial charge in [-0.25, -0.2) is 4.39 Å². The van der Waals surface area contributed by atoms with Crippen LogP contribution in [0.5, 0.6) is 0 Å². The molecule has 7 heteroatoms. The SMILES string of the molecule is Cc1ccc(C(=O)Nc2cc(C(F)(F)F)ccc2F)cc1N. The third-order valence-electron chi connectivity index (χ3n) is 3.08. The molecule has 2 aromatic carbocycles. The Balaban J connectivity index is 2.29. The number of nitrogens with two attached hydrogens (primary N) is 1. The molecule has 0 aliphatic carbocycles. The fraction of sp³-hybridized carbons (Fsp3) is 0.133. The number of nitrogen functional groups attached to an aromatic ring is 1. The molecule has 0 atom stereocenters. The van der Waals surface area contributed by atoms with Crippen molar-refractivity contribution in [3.05, 3.63) is 58.9 Å². The number of anilines is 2. The maximum atomic E-state index is 13.6. The third kappa shape index (κ3) is 3.36. The molecule has 0 fully saturated rings. The summed E-state index contributed by atoms with van der Waals surface area (Å²) < 4.78 is 51.4. The normalized spacial score (nSPS) is 11.3. The lowest BCUT2D eigenvalue weighted by Gasteiger charge is -2.11. The van der Waals surface area contributed by atoms with Crippen LogP contribution in [0.4, 0.5) is 28.9 Å². The van der Waals surface area contributed by atoms with Crippen molar-refractivity contribution in [1.82, 2.24) is 0 Å². The first kappa shape index (κ1) is 15.8. The van der Waals surface area contributed by atoms with Crippen LogP contribution in [0.1, 0.15) is 21.5 Å². The Bertz CT molecular complexity index is 726. The lowest BCUT2D eigenvalue weighted by Crippen LogP contribution is -2.15. The van der Waals surface area contributed by atoms with Gasteiger partial charge in [0.25, 0.3) is 5.91 Å². The van der Waals surface area contributed by atoms with Crippen LogP contribution in [0.2, 0.25) is 0 Å². The molecule has 0 bridgehead atoms. The predicted molar refractivity (Wildman–Crippen MR) is 74.9 cm³/mol. The highest BCUT2D eigenvalue weighted by atomic mass is 19.4. The molecular weight excluding hydrogens is 300 g/mol. The molecule has 116 valence electrons. The van der Waals surface area contributed by atoms with Crippen LogP contribution >= 0.6 is 0 Å². The van der Waals surface area contributed by atoms with E-state index in [2.05, 4.69) is 5.32 Å². The van der Waals surface area contributed by atoms with Gasteiger partial charge in [-0.15, -0.1) is 0 Å². The summed E-state index contributed by atoms with van der Waals surface area (Å²) >= 11 is 0. The summed E-state index contributed by atoms with van der Waals surface area (Å²) in [6, 6.07) is 6.22. The van der Waals surface area contributed by atoms with E-state index in [1.165, 1.54) is 12.1 Å². The van der Waals surface area contributed by atoms with E-state index in [0.717, 1.165) is 5.56 Å². The minimum Gasteiger partial charge on any atom is -0.398 e. The zero-order chi connectivity index (χ0) is 16.5. The number of benzene rings is 2. The van der Waals surface area contributed by atoms with E-state index in [9.17, 15) is 22.4 Å². The molecule has 0 unspecified atom stereocenters. The van der Waals surface area contributed by atoms with Crippen molar-refractivity contribution in [2.45, 2.75) is 13.1 Å². The largest absolute Gasteiger partial charge is 0.416 e. The average Bonchev–Trinajstić information content (AvgIpc) is 2.43. The molecule has 22 heavy (non-hydrogen) atoms. The Hall–Kier alpha value is -2.57. The van der Waals surface area contributed by atoms with Crippen molar-refractivity contribution < 1.29 is 22.4 Å². The van der Waals surface area contributed by atoms with Gasteiger partial charge in [0.15, 0.2) is 0 Å². The quantitative estimate of drug-likeness (QED) is 0.651. The van der Waals surface area contributed by atoms with Gasteiger partial charge in [0.2, 0.25) is 0 Å². The number of halogens is 4. The second-order valence-corrected chi connectivity index (χ2v) is 4.72. The molecule has 0 aliphatic rings. The number of hydrogen-bond donors (Lipinski definition) is 2. The zero-order valence-corrected chi connectivity index (χ0v) is 11.5. The third-order valence-corrected chi connectivity index (χ3v) is 3.08. The van der Waals surface area contributed by atoms with Crippen molar-refractivity contribution in [1.29, 1.82) is 0 Å². The second-order valence-electron chi connectivity index (χ2n) is 4.72. The molecule has 0 saturated heterocycles. The molecule has 0 radical (unpaired) electrons. The first-order valence-corrected chi connectivity index (χ1v) is 6.22. The smallest absolute Gasteiger partial charge is 0.398 e. The van der Waals surface area contributed by atoms with Gasteiger partial charge in [0, 0.05) is 11.3 Å². The van der Waals surface area contributed by atoms with E-state index in [1.807, 2.05) is 0 Å². The molecular formula is C15H12F4N2O. The van der Waals surface area contributed by atoms with Crippen molar-refractivity contribution in [3.63, 3.8) is 0 Å². The van der Waals surface area contributed by atoms with Gasteiger partial charge >= 0.3 is 6.18 Å². The molecule has 1 amide bonds. The molecule has 2 rings (SSSR count). The van der Waals surface area contributed by atoms with E-state index in [0.29, 0.717) is 23.9 Å². The summed E-state index contributed by atoms with van der Waals surface area (Å²) in [7, 11) is 0. The van der Waals surface area contributed by atoms with Crippen molar-refractivity contribution >= 4 is 17.3 Å². The summed E-state index contributed by atoms with van der Waals surface area (Å²) in [5.41, 5.74) is 5.30. The minimum absolute atomic E-state index is 0.125. The predicted octanol–water partition coefficient (Wildman–Crippen LogP) is 3.99. The molecule has 0 aromatic heterocycles. The van der Waals surface area contributed by atoms with Gasteiger partial charge in [-0.3, -0.25) is 4.79 Å². The highest BCUT2D eigenvalue weighted by Crippen LogP contribution is 2.32. The fourth-order valence-corrected chi connectivity index (χ4v) is 1.77. The van der Waals surface area contributed by atoms with E-state index >= 15 is 0 Å². The van der Waals surface area contributed by atoms with E-state index in [4.69, 9.17) is 5.73 Å². The van der Waals surface area contributed by atoms with Crippen LogP contribution in [-0.4, -0.2) is 5.91 Å². The first-order chi connectivity index (χ1) is 10.2. The molecule has 2 aromatic rings. The molecule has 0 spiro atoms. The molecule has 0 aliphatic heterocycles. The van der Waals surface area contributed by atoms with Crippen LogP contribution in [0.3, 0.4) is 0 Å². The summed E-state index contributed by atoms with van der Waals surface area (Å²) in [5, 5.41) is 2.12. The Morgan fingerprint density at radius 1 is 1.14 bits per heavy atom. The molecule has 3 N–H and O–H groups in total. The van der Waals surface area contributed by atoms with Gasteiger partial charge in [0.05, 0.1) is 11.3 Å². The van der Waals surface area contributed by atoms with Crippen LogP contribution in [0.15, 0.2) is 36.4 Å². The Morgan fingerprint density at radius 3 is 2.41 bits per heavy atom. The fourth-order valence-electron chi connectivity index (χ4n) is 1.77. The highest BCUT2D eigenvalue weighted by molar-refractivity contribution is 6.05. The van der Waals surface area contributed by atoms with Gasteiger partial charge in [0.1, 0.15) is 5.82 Å². The van der Waals surface area contributed by atoms with E-state index < -0.39 is 29.2 Å². The Labute approximate surface area is 123 Å². The number of alkyl halides is 3. The number of aryl methyl sites for hydroxylation is 1. The van der Waals surface area contributed by atoms with Crippen molar-refractivity contribution in [2.75, 3.05) is 11.1 Å². The maximum absolute atomic E-state index is 13.6. The van der Waals surface area contributed by atoms with Gasteiger partial charge in [-0.2, -0.15) is 13.2 Å². The zero-order valence-electron chi connectivity index (χ0n) is 11.5. The van der Waals surface area contributed by atoms with Crippen LogP contribution in [0.25, 0.3) is 0 Å². The lowest BCUT2D eigenvalue weighted by atomic mass is 10.1. The summed E-state index contributed by atoms with van der Waals surface area (Å²) in [4.78, 5) is 12.0. The molecule has 0 heterocycles. The summed E-state index contributed by atoms with van der Waals surface area (Å²) in [5.74, 6) is -1.70. The van der Waals surface area contributed by atoms with Crippen molar-refractivity contribution in [2.24, 2.45) is 0 Å². The number of carbonyl (C=O) groups is 1. The topological polar surface area (TPSA) is 55.1 Å². The number of rotatable bonds is 2. The minimum atomic E-state index is -4.62. The Morgan fingerprint density at radius 2 is 1.82 bits per heavy atom. The van der Waals surface area contributed by atoms with E-state index in [-0.39, 0.29) is 5.56 Å². The number of carbonyl (C=O) groups excluding carboxylic acids is 1. The molecule has 3 nitrogen and oxygen atoms in total. The standard InChI is InChI=1S/C15H12F4N2O/c1-8-2-3-9(6-12(8)20)14(22)21-13-7-10(15(17,18)19)4-5-11(13)16/h2-7H,20H2,1H3,(H,21,22). The summed E-state index contributed by atoms with van der Waals surface area (Å²) in [6.45, 7) is 1.74. The Kier molecular flexibility index (Phi) is 4.07. The first-order valence-electron chi connectivity index (χ1n) is 6.22. The van der Waals surface area contributed by atoms with Crippen LogP contribution < -0.4 is 11.1 Å². The van der Waals surface area contributed by atoms with Crippen LogP contribution in [0, 0.1) is 12.7 Å². The van der Waals surface area contributed by atoms with Gasteiger partial charge in [-0.05, 0) is 42.8 Å². The number of amides is 1. The monoisotopic (exact) mass is 312 g/mol. The molecule has 0 saturated carbocycles. The average molecular weight is 312 g/mol. The van der Waals surface area contributed by atoms with E-state index in [1.54, 1.807) is 13.0 Å².